The Morgan fingerprint density at radius 2 is 2.06 bits per heavy atom. The third-order valence-electron chi connectivity index (χ3n) is 2.69. The number of nitrogens with zero attached hydrogens (tertiary/aromatic N) is 1. The monoisotopic (exact) mass is 223 g/mol. The molecule has 3 N–H and O–H groups in total. The largest absolute Gasteiger partial charge is 0.394 e. The zero-order valence-corrected chi connectivity index (χ0v) is 9.56. The highest BCUT2D eigenvalue weighted by atomic mass is 16.5. The lowest BCUT2D eigenvalue weighted by Crippen LogP contribution is -2.46. The minimum absolute atomic E-state index is 0.138. The van der Waals surface area contributed by atoms with Crippen molar-refractivity contribution in [1.29, 1.82) is 0 Å². The Labute approximate surface area is 94.2 Å². The van der Waals surface area contributed by atoms with Crippen LogP contribution in [-0.4, -0.2) is 30.3 Å². The van der Waals surface area contributed by atoms with Crippen LogP contribution in [0.2, 0.25) is 0 Å². The molecule has 5 heteroatoms. The number of morpholine rings is 1. The van der Waals surface area contributed by atoms with Gasteiger partial charge in [-0.1, -0.05) is 0 Å². The highest BCUT2D eigenvalue weighted by Crippen LogP contribution is 2.16. The summed E-state index contributed by atoms with van der Waals surface area (Å²) in [4.78, 5) is 16.6. The van der Waals surface area contributed by atoms with Crippen LogP contribution in [0.1, 0.15) is 13.8 Å². The maximum absolute atomic E-state index is 11.4. The molecule has 5 nitrogen and oxygen atoms in total. The number of nitrogens with one attached hydrogen (secondary N) is 1. The van der Waals surface area contributed by atoms with E-state index in [4.69, 9.17) is 10.5 Å². The van der Waals surface area contributed by atoms with Crippen LogP contribution in [0.25, 0.3) is 0 Å². The number of anilines is 2. The summed E-state index contributed by atoms with van der Waals surface area (Å²) in [6.07, 6.45) is 1.89. The molecule has 2 atom stereocenters. The minimum Gasteiger partial charge on any atom is -0.394 e. The number of nitrogen functional groups attached to an aromatic ring is 1. The van der Waals surface area contributed by atoms with Gasteiger partial charge in [0.2, 0.25) is 5.43 Å². The zero-order chi connectivity index (χ0) is 11.7. The summed E-state index contributed by atoms with van der Waals surface area (Å²) in [6.45, 7) is 5.62. The maximum atomic E-state index is 11.4. The number of hydrogen-bond donors (Lipinski definition) is 2. The topological polar surface area (TPSA) is 71.3 Å². The van der Waals surface area contributed by atoms with Crippen molar-refractivity contribution >= 4 is 11.5 Å². The van der Waals surface area contributed by atoms with Gasteiger partial charge in [-0.2, -0.15) is 0 Å². The predicted octanol–water partition coefficient (Wildman–Crippen LogP) is 0.571. The second kappa shape index (κ2) is 4.17. The van der Waals surface area contributed by atoms with Crippen molar-refractivity contribution in [2.75, 3.05) is 23.7 Å². The first kappa shape index (κ1) is 11.0. The third kappa shape index (κ3) is 2.19. The quantitative estimate of drug-likeness (QED) is 0.730. The summed E-state index contributed by atoms with van der Waals surface area (Å²) >= 11 is 0. The number of hydrogen-bond acceptors (Lipinski definition) is 4. The van der Waals surface area contributed by atoms with Gasteiger partial charge >= 0.3 is 0 Å². The molecule has 2 rings (SSSR count). The molecule has 1 aliphatic rings. The average molecular weight is 223 g/mol. The highest BCUT2D eigenvalue weighted by Gasteiger charge is 2.22. The summed E-state index contributed by atoms with van der Waals surface area (Å²) in [5.74, 6) is 0.807. The molecule has 1 saturated heterocycles. The van der Waals surface area contributed by atoms with Gasteiger partial charge in [0.1, 0.15) is 5.82 Å². The molecule has 1 fully saturated rings. The molecule has 0 bridgehead atoms. The summed E-state index contributed by atoms with van der Waals surface area (Å²) in [6, 6.07) is 1.54. The van der Waals surface area contributed by atoms with Crippen molar-refractivity contribution in [3.8, 4) is 0 Å². The first-order valence-corrected chi connectivity index (χ1v) is 5.45. The van der Waals surface area contributed by atoms with Crippen molar-refractivity contribution in [3.63, 3.8) is 0 Å². The van der Waals surface area contributed by atoms with Gasteiger partial charge in [-0.15, -0.1) is 0 Å². The Bertz CT molecular complexity index is 419. The summed E-state index contributed by atoms with van der Waals surface area (Å²) in [5, 5.41) is 0. The number of ether oxygens (including phenoxy) is 1. The number of aromatic amines is 1. The molecule has 1 aromatic heterocycles. The molecule has 0 unspecified atom stereocenters. The standard InChI is InChI=1S/C11H17N3O2/c1-7-5-14(6-8(2)16-7)11-3-10(15)9(12)4-13-11/h3-4,7-8H,5-6,12H2,1-2H3,(H,13,15)/t7-,8+. The van der Waals surface area contributed by atoms with Crippen LogP contribution in [0.5, 0.6) is 0 Å². The fraction of sp³-hybridized carbons (Fsp3) is 0.545. The Kier molecular flexibility index (Phi) is 2.87. The van der Waals surface area contributed by atoms with Gasteiger partial charge in [0.25, 0.3) is 0 Å². The van der Waals surface area contributed by atoms with Crippen molar-refractivity contribution in [2.45, 2.75) is 26.1 Å². The second-order valence-corrected chi connectivity index (χ2v) is 4.30. The van der Waals surface area contributed by atoms with E-state index in [2.05, 4.69) is 9.88 Å². The molecule has 0 saturated carbocycles. The van der Waals surface area contributed by atoms with E-state index in [0.717, 1.165) is 18.9 Å². The van der Waals surface area contributed by atoms with E-state index in [1.165, 1.54) is 0 Å². The van der Waals surface area contributed by atoms with E-state index in [0.29, 0.717) is 0 Å². The molecule has 88 valence electrons. The number of aromatic nitrogens is 1. The summed E-state index contributed by atoms with van der Waals surface area (Å²) in [5.41, 5.74) is 5.60. The highest BCUT2D eigenvalue weighted by molar-refractivity contribution is 5.46. The van der Waals surface area contributed by atoms with Gasteiger partial charge in [-0.3, -0.25) is 4.79 Å². The second-order valence-electron chi connectivity index (χ2n) is 4.30. The van der Waals surface area contributed by atoms with Gasteiger partial charge in [-0.25, -0.2) is 0 Å². The Hall–Kier alpha value is -1.49. The molecular formula is C11H17N3O2. The van der Waals surface area contributed by atoms with Crippen LogP contribution < -0.4 is 16.1 Å². The SMILES string of the molecule is C[C@@H]1CN(c2cc(=O)c(N)c[nH]2)C[C@H](C)O1. The molecule has 1 aliphatic heterocycles. The molecule has 1 aromatic rings. The zero-order valence-electron chi connectivity index (χ0n) is 9.56. The van der Waals surface area contributed by atoms with Crippen LogP contribution >= 0.6 is 0 Å². The minimum atomic E-state index is -0.138. The molecule has 0 aromatic carbocycles. The number of pyridine rings is 1. The van der Waals surface area contributed by atoms with Crippen LogP contribution in [0.15, 0.2) is 17.1 Å². The van der Waals surface area contributed by atoms with Crippen LogP contribution in [-0.2, 0) is 4.74 Å². The van der Waals surface area contributed by atoms with E-state index >= 15 is 0 Å². The van der Waals surface area contributed by atoms with Crippen molar-refractivity contribution in [3.05, 3.63) is 22.5 Å². The molecular weight excluding hydrogens is 206 g/mol. The van der Waals surface area contributed by atoms with Gasteiger partial charge < -0.3 is 20.4 Å². The van der Waals surface area contributed by atoms with Gasteiger partial charge in [0, 0.05) is 25.4 Å². The van der Waals surface area contributed by atoms with E-state index in [9.17, 15) is 4.79 Å². The lowest BCUT2D eigenvalue weighted by atomic mass is 10.2. The van der Waals surface area contributed by atoms with E-state index in [1.54, 1.807) is 12.3 Å². The smallest absolute Gasteiger partial charge is 0.206 e. The van der Waals surface area contributed by atoms with E-state index < -0.39 is 0 Å². The number of rotatable bonds is 1. The van der Waals surface area contributed by atoms with E-state index in [1.807, 2.05) is 13.8 Å². The fourth-order valence-corrected chi connectivity index (χ4v) is 2.03. The maximum Gasteiger partial charge on any atom is 0.206 e. The lowest BCUT2D eigenvalue weighted by molar-refractivity contribution is -0.00546. The predicted molar refractivity (Wildman–Crippen MR) is 63.7 cm³/mol. The van der Waals surface area contributed by atoms with Crippen LogP contribution in [0.4, 0.5) is 11.5 Å². The van der Waals surface area contributed by atoms with Crippen molar-refractivity contribution in [2.24, 2.45) is 0 Å². The van der Waals surface area contributed by atoms with Crippen LogP contribution in [0, 0.1) is 0 Å². The Morgan fingerprint density at radius 1 is 1.44 bits per heavy atom. The van der Waals surface area contributed by atoms with Crippen molar-refractivity contribution < 1.29 is 4.74 Å². The van der Waals surface area contributed by atoms with Gasteiger partial charge in [0.15, 0.2) is 0 Å². The molecule has 0 aliphatic carbocycles. The van der Waals surface area contributed by atoms with Gasteiger partial charge in [-0.05, 0) is 13.8 Å². The lowest BCUT2D eigenvalue weighted by Gasteiger charge is -2.36. The van der Waals surface area contributed by atoms with Gasteiger partial charge in [0.05, 0.1) is 17.9 Å². The Morgan fingerprint density at radius 3 is 2.62 bits per heavy atom. The third-order valence-corrected chi connectivity index (χ3v) is 2.69. The summed E-state index contributed by atoms with van der Waals surface area (Å²) < 4.78 is 5.63. The van der Waals surface area contributed by atoms with Crippen molar-refractivity contribution in [1.82, 2.24) is 4.98 Å². The van der Waals surface area contributed by atoms with E-state index in [-0.39, 0.29) is 23.3 Å². The fourth-order valence-electron chi connectivity index (χ4n) is 2.03. The molecule has 0 amide bonds. The number of nitrogens with two attached hydrogens (primary N) is 1. The first-order valence-electron chi connectivity index (χ1n) is 5.45. The molecule has 0 radical (unpaired) electrons. The normalized spacial score (nSPS) is 25.8. The first-order chi connectivity index (χ1) is 7.56. The van der Waals surface area contributed by atoms with Crippen LogP contribution in [0.3, 0.4) is 0 Å². The summed E-state index contributed by atoms with van der Waals surface area (Å²) in [7, 11) is 0. The molecule has 2 heterocycles. The molecule has 0 spiro atoms. The Balaban J connectivity index is 2.23. The number of H-pyrrole nitrogens is 1. The molecule has 16 heavy (non-hydrogen) atoms. The average Bonchev–Trinajstić information content (AvgIpc) is 2.20.